The van der Waals surface area contributed by atoms with E-state index in [0.717, 1.165) is 22.2 Å². The lowest BCUT2D eigenvalue weighted by Crippen LogP contribution is -2.46. The topological polar surface area (TPSA) is 68.8 Å². The SMILES string of the molecule is Cc1c(OCCN(C)CCCF)ccc(F)c1[C@@H]1c2[nH]c3ccc(F)cc3c2C[C@@H](C)N1C[C@H](C)C(=O)O. The molecule has 0 aliphatic carbocycles. The highest BCUT2D eigenvalue weighted by Gasteiger charge is 2.39. The number of alkyl halides is 1. The van der Waals surface area contributed by atoms with Crippen LogP contribution in [-0.2, 0) is 11.2 Å². The summed E-state index contributed by atoms with van der Waals surface area (Å²) in [5.74, 6) is -1.83. The summed E-state index contributed by atoms with van der Waals surface area (Å²) in [7, 11) is 1.90. The summed E-state index contributed by atoms with van der Waals surface area (Å²) in [5, 5.41) is 10.4. The van der Waals surface area contributed by atoms with E-state index in [4.69, 9.17) is 4.74 Å². The summed E-state index contributed by atoms with van der Waals surface area (Å²) in [6, 6.07) is 6.81. The fourth-order valence-electron chi connectivity index (χ4n) is 5.44. The van der Waals surface area contributed by atoms with Crippen molar-refractivity contribution >= 4 is 16.9 Å². The third-order valence-electron chi connectivity index (χ3n) is 7.57. The quantitative estimate of drug-likeness (QED) is 0.343. The van der Waals surface area contributed by atoms with Crippen molar-refractivity contribution in [2.75, 3.05) is 40.0 Å². The fraction of sp³-hybridized carbons (Fsp3) is 0.483. The van der Waals surface area contributed by atoms with Crippen molar-refractivity contribution in [3.05, 3.63) is 64.4 Å². The van der Waals surface area contributed by atoms with E-state index in [1.807, 2.05) is 23.8 Å². The molecule has 0 radical (unpaired) electrons. The normalized spacial score (nSPS) is 18.6. The van der Waals surface area contributed by atoms with Gasteiger partial charge in [-0.2, -0.15) is 0 Å². The van der Waals surface area contributed by atoms with Gasteiger partial charge in [0.05, 0.1) is 18.6 Å². The van der Waals surface area contributed by atoms with Gasteiger partial charge in [0, 0.05) is 47.8 Å². The lowest BCUT2D eigenvalue weighted by atomic mass is 9.85. The minimum Gasteiger partial charge on any atom is -0.492 e. The Morgan fingerprint density at radius 3 is 2.74 bits per heavy atom. The van der Waals surface area contributed by atoms with E-state index in [1.54, 1.807) is 26.0 Å². The van der Waals surface area contributed by atoms with Crippen LogP contribution < -0.4 is 4.74 Å². The van der Waals surface area contributed by atoms with Gasteiger partial charge in [0.25, 0.3) is 0 Å². The molecular formula is C29H36F3N3O3. The highest BCUT2D eigenvalue weighted by molar-refractivity contribution is 5.85. The summed E-state index contributed by atoms with van der Waals surface area (Å²) >= 11 is 0. The van der Waals surface area contributed by atoms with Crippen LogP contribution in [0.2, 0.25) is 0 Å². The van der Waals surface area contributed by atoms with Crippen LogP contribution in [0.3, 0.4) is 0 Å². The zero-order valence-electron chi connectivity index (χ0n) is 22.4. The molecule has 1 aromatic heterocycles. The summed E-state index contributed by atoms with van der Waals surface area (Å²) in [6.45, 7) is 6.85. The molecular weight excluding hydrogens is 495 g/mol. The smallest absolute Gasteiger partial charge is 0.307 e. The maximum absolute atomic E-state index is 15.7. The second-order valence-corrected chi connectivity index (χ2v) is 10.4. The number of hydrogen-bond donors (Lipinski definition) is 2. The first-order valence-electron chi connectivity index (χ1n) is 13.1. The molecule has 4 rings (SSSR count). The van der Waals surface area contributed by atoms with Gasteiger partial charge in [-0.15, -0.1) is 0 Å². The Hall–Kier alpha value is -3.04. The molecule has 9 heteroatoms. The van der Waals surface area contributed by atoms with E-state index in [1.165, 1.54) is 18.2 Å². The zero-order chi connectivity index (χ0) is 27.6. The molecule has 1 aliphatic rings. The lowest BCUT2D eigenvalue weighted by Gasteiger charge is -2.42. The molecule has 0 saturated heterocycles. The van der Waals surface area contributed by atoms with E-state index in [9.17, 15) is 18.7 Å². The molecule has 1 aliphatic heterocycles. The number of fused-ring (bicyclic) bond motifs is 3. The molecule has 0 bridgehead atoms. The number of rotatable bonds is 11. The van der Waals surface area contributed by atoms with Gasteiger partial charge in [-0.25, -0.2) is 8.78 Å². The molecule has 2 heterocycles. The Morgan fingerprint density at radius 2 is 2.03 bits per heavy atom. The number of carbonyl (C=O) groups is 1. The fourth-order valence-corrected chi connectivity index (χ4v) is 5.44. The van der Waals surface area contributed by atoms with E-state index in [-0.39, 0.29) is 25.1 Å². The van der Waals surface area contributed by atoms with Gasteiger partial charge < -0.3 is 19.7 Å². The van der Waals surface area contributed by atoms with Crippen LogP contribution in [0.25, 0.3) is 10.9 Å². The number of benzene rings is 2. The number of H-pyrrole nitrogens is 1. The van der Waals surface area contributed by atoms with Gasteiger partial charge in [-0.1, -0.05) is 6.92 Å². The van der Waals surface area contributed by atoms with Gasteiger partial charge in [-0.3, -0.25) is 14.1 Å². The minimum absolute atomic E-state index is 0.121. The Bertz CT molecular complexity index is 1300. The van der Waals surface area contributed by atoms with E-state index >= 15 is 4.39 Å². The average Bonchev–Trinajstić information content (AvgIpc) is 3.22. The number of aromatic nitrogens is 1. The zero-order valence-corrected chi connectivity index (χ0v) is 22.4. The molecule has 0 spiro atoms. The van der Waals surface area contributed by atoms with Crippen LogP contribution in [0, 0.1) is 24.5 Å². The largest absolute Gasteiger partial charge is 0.492 e. The summed E-state index contributed by atoms with van der Waals surface area (Å²) in [6.07, 6.45) is 1.03. The Labute approximate surface area is 221 Å². The molecule has 3 aromatic rings. The molecule has 38 heavy (non-hydrogen) atoms. The highest BCUT2D eigenvalue weighted by atomic mass is 19.1. The molecule has 206 valence electrons. The van der Waals surface area contributed by atoms with Crippen molar-refractivity contribution in [3.8, 4) is 5.75 Å². The predicted octanol–water partition coefficient (Wildman–Crippen LogP) is 5.48. The Morgan fingerprint density at radius 1 is 1.26 bits per heavy atom. The first kappa shape index (κ1) is 28.0. The molecule has 0 saturated carbocycles. The molecule has 6 nitrogen and oxygen atoms in total. The van der Waals surface area contributed by atoms with Crippen molar-refractivity contribution in [1.82, 2.24) is 14.8 Å². The number of nitrogens with one attached hydrogen (secondary N) is 1. The number of likely N-dealkylation sites (N-methyl/N-ethyl adjacent to an activating group) is 1. The first-order chi connectivity index (χ1) is 18.1. The molecule has 0 fully saturated rings. The van der Waals surface area contributed by atoms with Crippen LogP contribution in [0.1, 0.15) is 48.7 Å². The third kappa shape index (κ3) is 5.68. The number of carboxylic acid groups (broad SMARTS) is 1. The molecule has 0 unspecified atom stereocenters. The van der Waals surface area contributed by atoms with E-state index in [0.29, 0.717) is 49.4 Å². The Kier molecular flexibility index (Phi) is 8.67. The van der Waals surface area contributed by atoms with E-state index < -0.39 is 23.7 Å². The average molecular weight is 532 g/mol. The van der Waals surface area contributed by atoms with Gasteiger partial charge in [0.1, 0.15) is 24.0 Å². The maximum atomic E-state index is 15.7. The number of carboxylic acids is 1. The second-order valence-electron chi connectivity index (χ2n) is 10.4. The van der Waals surface area contributed by atoms with Crippen molar-refractivity contribution in [1.29, 1.82) is 0 Å². The summed E-state index contributed by atoms with van der Waals surface area (Å²) < 4.78 is 48.4. The van der Waals surface area contributed by atoms with Gasteiger partial charge in [0.15, 0.2) is 0 Å². The molecule has 3 atom stereocenters. The number of halogens is 3. The third-order valence-corrected chi connectivity index (χ3v) is 7.57. The number of aliphatic carboxylic acids is 1. The van der Waals surface area contributed by atoms with E-state index in [2.05, 4.69) is 4.98 Å². The highest BCUT2D eigenvalue weighted by Crippen LogP contribution is 2.44. The molecule has 2 aromatic carbocycles. The number of ether oxygens (including phenoxy) is 1. The van der Waals surface area contributed by atoms with Crippen LogP contribution in [0.4, 0.5) is 13.2 Å². The minimum atomic E-state index is -0.924. The standard InChI is InChI=1S/C29H36F3N3O3/c1-17(29(36)37)16-35-18(2)14-22-21-15-20(31)6-8-24(21)33-27(22)28(35)26-19(3)25(9-7-23(26)32)38-13-12-34(4)11-5-10-30/h6-9,15,17-18,28,33H,5,10-14,16H2,1-4H3,(H,36,37)/t17-,18+,28+/m0/s1. The number of aromatic amines is 1. The second kappa shape index (κ2) is 11.8. The van der Waals surface area contributed by atoms with Gasteiger partial charge >= 0.3 is 5.97 Å². The van der Waals surface area contributed by atoms with Crippen molar-refractivity contribution in [2.24, 2.45) is 5.92 Å². The van der Waals surface area contributed by atoms with Gasteiger partial charge in [0.2, 0.25) is 0 Å². The first-order valence-corrected chi connectivity index (χ1v) is 13.1. The molecule has 0 amide bonds. The molecule has 2 N–H and O–H groups in total. The maximum Gasteiger partial charge on any atom is 0.307 e. The summed E-state index contributed by atoms with van der Waals surface area (Å²) in [4.78, 5) is 19.2. The summed E-state index contributed by atoms with van der Waals surface area (Å²) in [5.41, 5.74) is 3.44. The number of nitrogens with zero attached hydrogens (tertiary/aromatic N) is 2. The van der Waals surface area contributed by atoms with Crippen LogP contribution in [0.15, 0.2) is 30.3 Å². The van der Waals surface area contributed by atoms with Crippen LogP contribution >= 0.6 is 0 Å². The van der Waals surface area contributed by atoms with Crippen molar-refractivity contribution in [3.63, 3.8) is 0 Å². The van der Waals surface area contributed by atoms with Crippen LogP contribution in [0.5, 0.6) is 5.75 Å². The van der Waals surface area contributed by atoms with Crippen molar-refractivity contribution in [2.45, 2.75) is 45.7 Å². The van der Waals surface area contributed by atoms with Crippen molar-refractivity contribution < 1.29 is 27.8 Å². The lowest BCUT2D eigenvalue weighted by molar-refractivity contribution is -0.142. The predicted molar refractivity (Wildman–Crippen MR) is 141 cm³/mol. The number of hydrogen-bond acceptors (Lipinski definition) is 4. The monoisotopic (exact) mass is 531 g/mol. The Balaban J connectivity index is 1.76. The van der Waals surface area contributed by atoms with Gasteiger partial charge in [-0.05, 0) is 75.2 Å². The van der Waals surface area contributed by atoms with Crippen LogP contribution in [-0.4, -0.2) is 71.9 Å².